The Labute approximate surface area is 163 Å². The summed E-state index contributed by atoms with van der Waals surface area (Å²) in [6.07, 6.45) is 0.708. The maximum atomic E-state index is 12.5. The molecule has 10 heteroatoms. The molecule has 9 nitrogen and oxygen atoms in total. The molecule has 0 saturated heterocycles. The summed E-state index contributed by atoms with van der Waals surface area (Å²) in [6.45, 7) is 1.97. The minimum atomic E-state index is -0.782. The monoisotopic (exact) mass is 398 g/mol. The molecule has 0 aliphatic carbocycles. The Morgan fingerprint density at radius 2 is 1.68 bits per heavy atom. The first-order valence-corrected chi connectivity index (χ1v) is 9.01. The number of nitrogens with zero attached hydrogens (tertiary/aromatic N) is 3. The second kappa shape index (κ2) is 7.92. The van der Waals surface area contributed by atoms with Crippen molar-refractivity contribution in [2.45, 2.75) is 13.3 Å². The number of nitro groups is 2. The highest BCUT2D eigenvalue weighted by molar-refractivity contribution is 7.16. The van der Waals surface area contributed by atoms with Crippen molar-refractivity contribution in [3.8, 4) is 11.3 Å². The smallest absolute Gasteiger partial charge is 0.277 e. The van der Waals surface area contributed by atoms with E-state index < -0.39 is 27.1 Å². The summed E-state index contributed by atoms with van der Waals surface area (Å²) in [5.74, 6) is -0.706. The average Bonchev–Trinajstić information content (AvgIpc) is 3.11. The lowest BCUT2D eigenvalue weighted by Gasteiger charge is -2.02. The molecular weight excluding hydrogens is 384 g/mol. The average molecular weight is 398 g/mol. The van der Waals surface area contributed by atoms with Gasteiger partial charge in [0.05, 0.1) is 27.2 Å². The van der Waals surface area contributed by atoms with Gasteiger partial charge in [-0.3, -0.25) is 30.3 Å². The molecule has 0 bridgehead atoms. The molecule has 0 aliphatic rings. The van der Waals surface area contributed by atoms with Crippen molar-refractivity contribution in [3.63, 3.8) is 0 Å². The molecule has 28 heavy (non-hydrogen) atoms. The fourth-order valence-electron chi connectivity index (χ4n) is 2.57. The van der Waals surface area contributed by atoms with Gasteiger partial charge in [0.1, 0.15) is 0 Å². The van der Waals surface area contributed by atoms with Crippen LogP contribution in [-0.2, 0) is 6.42 Å². The third kappa shape index (κ3) is 4.01. The zero-order chi connectivity index (χ0) is 20.3. The molecular formula is C18H14N4O5S. The van der Waals surface area contributed by atoms with E-state index in [1.165, 1.54) is 11.3 Å². The van der Waals surface area contributed by atoms with Crippen LogP contribution in [0.15, 0.2) is 48.5 Å². The van der Waals surface area contributed by atoms with Gasteiger partial charge in [-0.15, -0.1) is 11.3 Å². The van der Waals surface area contributed by atoms with Crippen molar-refractivity contribution in [3.05, 3.63) is 79.2 Å². The van der Waals surface area contributed by atoms with Crippen molar-refractivity contribution in [1.82, 2.24) is 4.98 Å². The molecule has 1 N–H and O–H groups in total. The third-order valence-electron chi connectivity index (χ3n) is 3.87. The van der Waals surface area contributed by atoms with Gasteiger partial charge in [-0.2, -0.15) is 0 Å². The minimum absolute atomic E-state index is 0.185. The van der Waals surface area contributed by atoms with Gasteiger partial charge in [-0.1, -0.05) is 37.3 Å². The lowest BCUT2D eigenvalue weighted by molar-refractivity contribution is -0.394. The second-order valence-corrected chi connectivity index (χ2v) is 6.80. The van der Waals surface area contributed by atoms with Crippen LogP contribution >= 0.6 is 11.3 Å². The summed E-state index contributed by atoms with van der Waals surface area (Å²) in [5.41, 5.74) is 0.404. The number of amides is 1. The Hall–Kier alpha value is -3.66. The fourth-order valence-corrected chi connectivity index (χ4v) is 3.49. The zero-order valence-electron chi connectivity index (χ0n) is 14.6. The van der Waals surface area contributed by atoms with E-state index >= 15 is 0 Å². The van der Waals surface area contributed by atoms with Crippen LogP contribution in [-0.4, -0.2) is 20.7 Å². The maximum Gasteiger partial charge on any atom is 0.277 e. The van der Waals surface area contributed by atoms with Crippen LogP contribution in [0.1, 0.15) is 22.2 Å². The fraction of sp³-hybridized carbons (Fsp3) is 0.111. The molecule has 1 aromatic heterocycles. The van der Waals surface area contributed by atoms with Crippen molar-refractivity contribution in [2.24, 2.45) is 0 Å². The molecule has 0 spiro atoms. The van der Waals surface area contributed by atoms with E-state index in [4.69, 9.17) is 0 Å². The summed E-state index contributed by atoms with van der Waals surface area (Å²) >= 11 is 1.29. The molecule has 1 heterocycles. The zero-order valence-corrected chi connectivity index (χ0v) is 15.4. The van der Waals surface area contributed by atoms with Crippen molar-refractivity contribution in [1.29, 1.82) is 0 Å². The standard InChI is InChI=1S/C18H14N4O5S/c1-2-15-16(11-6-4-3-5-7-11)19-18(28-15)20-17(23)12-8-13(21(24)25)10-14(9-12)22(26)27/h3-10H,2H2,1H3,(H,19,20,23). The number of nitro benzene ring substituents is 2. The number of nitrogens with one attached hydrogen (secondary N) is 1. The second-order valence-electron chi connectivity index (χ2n) is 5.72. The Kier molecular flexibility index (Phi) is 5.41. The minimum Gasteiger partial charge on any atom is -0.298 e. The van der Waals surface area contributed by atoms with Crippen LogP contribution in [0.5, 0.6) is 0 Å². The molecule has 1 amide bonds. The lowest BCUT2D eigenvalue weighted by Crippen LogP contribution is -2.12. The van der Waals surface area contributed by atoms with Gasteiger partial charge in [0.15, 0.2) is 5.13 Å². The van der Waals surface area contributed by atoms with Crippen LogP contribution < -0.4 is 5.32 Å². The highest BCUT2D eigenvalue weighted by Crippen LogP contribution is 2.32. The van der Waals surface area contributed by atoms with Crippen molar-refractivity contribution >= 4 is 33.8 Å². The first-order valence-electron chi connectivity index (χ1n) is 8.19. The van der Waals surface area contributed by atoms with Gasteiger partial charge < -0.3 is 0 Å². The molecule has 0 unspecified atom stereocenters. The number of aromatic nitrogens is 1. The number of carbonyl (C=O) groups is 1. The van der Waals surface area contributed by atoms with E-state index in [9.17, 15) is 25.0 Å². The Bertz CT molecular complexity index is 1030. The van der Waals surface area contributed by atoms with Gasteiger partial charge >= 0.3 is 0 Å². The highest BCUT2D eigenvalue weighted by atomic mass is 32.1. The van der Waals surface area contributed by atoms with Gasteiger partial charge in [0.25, 0.3) is 17.3 Å². The van der Waals surface area contributed by atoms with E-state index in [1.807, 2.05) is 37.3 Å². The molecule has 0 atom stereocenters. The SMILES string of the molecule is CCc1sc(NC(=O)c2cc([N+](=O)[O-])cc([N+](=O)[O-])c2)nc1-c1ccccc1. The third-order valence-corrected chi connectivity index (χ3v) is 4.99. The van der Waals surface area contributed by atoms with Gasteiger partial charge in [-0.05, 0) is 6.42 Å². The largest absolute Gasteiger partial charge is 0.298 e. The van der Waals surface area contributed by atoms with Gasteiger partial charge in [0.2, 0.25) is 0 Å². The first kappa shape index (κ1) is 19.1. The normalized spacial score (nSPS) is 10.5. The number of benzene rings is 2. The first-order chi connectivity index (χ1) is 13.4. The van der Waals surface area contributed by atoms with E-state index in [-0.39, 0.29) is 5.56 Å². The summed E-state index contributed by atoms with van der Waals surface area (Å²) < 4.78 is 0. The van der Waals surface area contributed by atoms with Gasteiger partial charge in [0, 0.05) is 22.6 Å². The number of anilines is 1. The van der Waals surface area contributed by atoms with E-state index in [1.54, 1.807) is 0 Å². The molecule has 0 saturated carbocycles. The van der Waals surface area contributed by atoms with Crippen LogP contribution in [0, 0.1) is 20.2 Å². The number of non-ortho nitro benzene ring substituents is 2. The van der Waals surface area contributed by atoms with E-state index in [2.05, 4.69) is 10.3 Å². The Morgan fingerprint density at radius 3 is 2.21 bits per heavy atom. The molecule has 2 aromatic carbocycles. The summed E-state index contributed by atoms with van der Waals surface area (Å²) in [4.78, 5) is 38.4. The van der Waals surface area contributed by atoms with Crippen LogP contribution in [0.25, 0.3) is 11.3 Å². The number of thiazole rings is 1. The number of aryl methyl sites for hydroxylation is 1. The van der Waals surface area contributed by atoms with Crippen molar-refractivity contribution < 1.29 is 14.6 Å². The molecule has 0 fully saturated rings. The molecule has 0 aliphatic heterocycles. The highest BCUT2D eigenvalue weighted by Gasteiger charge is 2.21. The van der Waals surface area contributed by atoms with Crippen molar-refractivity contribution in [2.75, 3.05) is 5.32 Å². The predicted octanol–water partition coefficient (Wildman–Crippen LogP) is 4.44. The predicted molar refractivity (Wildman–Crippen MR) is 105 cm³/mol. The number of rotatable bonds is 6. The maximum absolute atomic E-state index is 12.5. The van der Waals surface area contributed by atoms with Crippen LogP contribution in [0.3, 0.4) is 0 Å². The number of hydrogen-bond donors (Lipinski definition) is 1. The van der Waals surface area contributed by atoms with Gasteiger partial charge in [-0.25, -0.2) is 4.98 Å². The number of carbonyl (C=O) groups excluding carboxylic acids is 1. The summed E-state index contributed by atoms with van der Waals surface area (Å²) in [7, 11) is 0. The number of hydrogen-bond acceptors (Lipinski definition) is 7. The summed E-state index contributed by atoms with van der Waals surface area (Å²) in [5, 5.41) is 24.9. The molecule has 0 radical (unpaired) electrons. The molecule has 3 rings (SSSR count). The van der Waals surface area contributed by atoms with Crippen LogP contribution in [0.2, 0.25) is 0 Å². The summed E-state index contributed by atoms with van der Waals surface area (Å²) in [6, 6.07) is 12.3. The molecule has 142 valence electrons. The van der Waals surface area contributed by atoms with E-state index in [0.717, 1.165) is 34.3 Å². The lowest BCUT2D eigenvalue weighted by atomic mass is 10.1. The van der Waals surface area contributed by atoms with Crippen LogP contribution in [0.4, 0.5) is 16.5 Å². The Balaban J connectivity index is 1.92. The quantitative estimate of drug-likeness (QED) is 0.483. The Morgan fingerprint density at radius 1 is 1.07 bits per heavy atom. The van der Waals surface area contributed by atoms with E-state index in [0.29, 0.717) is 11.6 Å². The molecule has 3 aromatic rings. The topological polar surface area (TPSA) is 128 Å².